The first-order valence-electron chi connectivity index (χ1n) is 6.81. The Kier molecular flexibility index (Phi) is 4.56. The van der Waals surface area contributed by atoms with Gasteiger partial charge in [-0.1, -0.05) is 23.8 Å². The first-order valence-corrected chi connectivity index (χ1v) is 6.81. The first-order chi connectivity index (χ1) is 9.13. The molecule has 19 heavy (non-hydrogen) atoms. The van der Waals surface area contributed by atoms with Crippen LogP contribution in [0, 0.1) is 13.8 Å². The fourth-order valence-electron chi connectivity index (χ4n) is 2.43. The van der Waals surface area contributed by atoms with Crippen LogP contribution in [0.15, 0.2) is 18.2 Å². The third kappa shape index (κ3) is 3.14. The first kappa shape index (κ1) is 14.0. The molecule has 1 saturated heterocycles. The molecule has 1 aromatic carbocycles. The summed E-state index contributed by atoms with van der Waals surface area (Å²) in [7, 11) is 0. The smallest absolute Gasteiger partial charge is 0.238 e. The molecular formula is C15H22N2O2. The molecule has 0 aromatic heterocycles. The van der Waals surface area contributed by atoms with Crippen LogP contribution >= 0.6 is 0 Å². The Labute approximate surface area is 114 Å². The van der Waals surface area contributed by atoms with Gasteiger partial charge in [0.05, 0.1) is 13.2 Å². The number of benzene rings is 1. The number of amides is 1. The zero-order valence-corrected chi connectivity index (χ0v) is 11.9. The highest BCUT2D eigenvalue weighted by molar-refractivity contribution is 5.81. The zero-order chi connectivity index (χ0) is 13.8. The minimum Gasteiger partial charge on any atom is -0.380 e. The molecule has 104 valence electrons. The molecule has 0 aliphatic carbocycles. The van der Waals surface area contributed by atoms with E-state index in [4.69, 9.17) is 4.74 Å². The highest BCUT2D eigenvalue weighted by Crippen LogP contribution is 2.25. The predicted octanol–water partition coefficient (Wildman–Crippen LogP) is 1.77. The number of aryl methyl sites for hydroxylation is 2. The Morgan fingerprint density at radius 3 is 2.95 bits per heavy atom. The Morgan fingerprint density at radius 2 is 2.21 bits per heavy atom. The summed E-state index contributed by atoms with van der Waals surface area (Å²) in [5.74, 6) is 0.144. The normalized spacial score (nSPS) is 19.2. The highest BCUT2D eigenvalue weighted by Gasteiger charge is 2.31. The van der Waals surface area contributed by atoms with Gasteiger partial charge in [0.25, 0.3) is 0 Å². The van der Waals surface area contributed by atoms with Crippen LogP contribution in [-0.4, -0.2) is 37.1 Å². The third-order valence-electron chi connectivity index (χ3n) is 3.49. The van der Waals surface area contributed by atoms with E-state index in [1.54, 1.807) is 0 Å². The number of ether oxygens (including phenoxy) is 1. The summed E-state index contributed by atoms with van der Waals surface area (Å²) in [5, 5.41) is 3.29. The predicted molar refractivity (Wildman–Crippen MR) is 74.9 cm³/mol. The second-order valence-electron chi connectivity index (χ2n) is 4.93. The van der Waals surface area contributed by atoms with E-state index in [0.717, 1.165) is 0 Å². The number of hydrogen-bond acceptors (Lipinski definition) is 3. The number of nitrogens with zero attached hydrogens (tertiary/aromatic N) is 1. The molecule has 0 spiro atoms. The molecule has 1 amide bonds. The van der Waals surface area contributed by atoms with Crippen LogP contribution in [0.1, 0.15) is 29.8 Å². The van der Waals surface area contributed by atoms with Crippen molar-refractivity contribution in [2.75, 3.05) is 26.3 Å². The van der Waals surface area contributed by atoms with E-state index in [2.05, 4.69) is 37.4 Å². The Morgan fingerprint density at radius 1 is 1.42 bits per heavy atom. The molecule has 0 radical (unpaired) electrons. The molecule has 0 bridgehead atoms. The number of carbonyl (C=O) groups excluding carboxylic acids is 1. The van der Waals surface area contributed by atoms with Gasteiger partial charge < -0.3 is 9.64 Å². The molecule has 1 aliphatic heterocycles. The standard InChI is InChI=1S/C15H22N2O2/c1-4-19-8-7-17-14(18)10-16-15(17)13-9-11(2)5-6-12(13)3/h5-6,9,15-16H,4,7-8,10H2,1-3H3. The van der Waals surface area contributed by atoms with Crippen molar-refractivity contribution < 1.29 is 9.53 Å². The third-order valence-corrected chi connectivity index (χ3v) is 3.49. The number of nitrogens with one attached hydrogen (secondary N) is 1. The van der Waals surface area contributed by atoms with Crippen molar-refractivity contribution in [3.8, 4) is 0 Å². The maximum absolute atomic E-state index is 12.0. The van der Waals surface area contributed by atoms with Gasteiger partial charge in [-0.2, -0.15) is 0 Å². The van der Waals surface area contributed by atoms with Crippen LogP contribution in [0.2, 0.25) is 0 Å². The molecular weight excluding hydrogens is 240 g/mol. The van der Waals surface area contributed by atoms with E-state index < -0.39 is 0 Å². The Bertz CT molecular complexity index is 459. The SMILES string of the molecule is CCOCCN1C(=O)CNC1c1cc(C)ccc1C. The monoisotopic (exact) mass is 262 g/mol. The van der Waals surface area contributed by atoms with Gasteiger partial charge in [-0.3, -0.25) is 10.1 Å². The van der Waals surface area contributed by atoms with E-state index in [0.29, 0.717) is 26.3 Å². The summed E-state index contributed by atoms with van der Waals surface area (Å²) < 4.78 is 5.36. The van der Waals surface area contributed by atoms with Gasteiger partial charge in [0.1, 0.15) is 6.17 Å². The summed E-state index contributed by atoms with van der Waals surface area (Å²) in [5.41, 5.74) is 3.60. The zero-order valence-electron chi connectivity index (χ0n) is 11.9. The molecule has 0 saturated carbocycles. The van der Waals surface area contributed by atoms with Crippen LogP contribution in [0.4, 0.5) is 0 Å². The van der Waals surface area contributed by atoms with Crippen LogP contribution in [0.3, 0.4) is 0 Å². The minimum absolute atomic E-state index is 0.0205. The van der Waals surface area contributed by atoms with Gasteiger partial charge in [-0.05, 0) is 31.9 Å². The lowest BCUT2D eigenvalue weighted by Crippen LogP contribution is -2.33. The van der Waals surface area contributed by atoms with E-state index in [1.165, 1.54) is 16.7 Å². The number of carbonyl (C=O) groups is 1. The van der Waals surface area contributed by atoms with Crippen molar-refractivity contribution >= 4 is 5.91 Å². The van der Waals surface area contributed by atoms with Crippen LogP contribution in [0.25, 0.3) is 0 Å². The lowest BCUT2D eigenvalue weighted by Gasteiger charge is -2.26. The topological polar surface area (TPSA) is 41.6 Å². The lowest BCUT2D eigenvalue weighted by molar-refractivity contribution is -0.128. The van der Waals surface area contributed by atoms with E-state index in [9.17, 15) is 4.79 Å². The number of hydrogen-bond donors (Lipinski definition) is 1. The van der Waals surface area contributed by atoms with E-state index >= 15 is 0 Å². The van der Waals surface area contributed by atoms with Crippen molar-refractivity contribution in [2.24, 2.45) is 0 Å². The molecule has 1 fully saturated rings. The van der Waals surface area contributed by atoms with Gasteiger partial charge in [0.15, 0.2) is 0 Å². The molecule has 1 unspecified atom stereocenters. The van der Waals surface area contributed by atoms with Crippen LogP contribution < -0.4 is 5.32 Å². The van der Waals surface area contributed by atoms with Gasteiger partial charge in [0.2, 0.25) is 5.91 Å². The van der Waals surface area contributed by atoms with Crippen molar-refractivity contribution in [3.05, 3.63) is 34.9 Å². The maximum atomic E-state index is 12.0. The van der Waals surface area contributed by atoms with Crippen LogP contribution in [0.5, 0.6) is 0 Å². The highest BCUT2D eigenvalue weighted by atomic mass is 16.5. The summed E-state index contributed by atoms with van der Waals surface area (Å²) in [6, 6.07) is 6.36. The second-order valence-corrected chi connectivity index (χ2v) is 4.93. The fourth-order valence-corrected chi connectivity index (χ4v) is 2.43. The quantitative estimate of drug-likeness (QED) is 0.822. The molecule has 1 N–H and O–H groups in total. The lowest BCUT2D eigenvalue weighted by atomic mass is 10.0. The summed E-state index contributed by atoms with van der Waals surface area (Å²) in [6.07, 6.45) is -0.0205. The van der Waals surface area contributed by atoms with Crippen LogP contribution in [-0.2, 0) is 9.53 Å². The molecule has 1 aromatic rings. The molecule has 2 rings (SSSR count). The fraction of sp³-hybridized carbons (Fsp3) is 0.533. The maximum Gasteiger partial charge on any atom is 0.238 e. The molecule has 1 aliphatic rings. The summed E-state index contributed by atoms with van der Waals surface area (Å²) in [6.45, 7) is 8.44. The van der Waals surface area contributed by atoms with Crippen molar-refractivity contribution in [1.82, 2.24) is 10.2 Å². The average molecular weight is 262 g/mol. The Balaban J connectivity index is 2.17. The summed E-state index contributed by atoms with van der Waals surface area (Å²) in [4.78, 5) is 13.8. The van der Waals surface area contributed by atoms with Gasteiger partial charge in [-0.25, -0.2) is 0 Å². The largest absolute Gasteiger partial charge is 0.380 e. The van der Waals surface area contributed by atoms with Crippen molar-refractivity contribution in [2.45, 2.75) is 26.9 Å². The minimum atomic E-state index is -0.0205. The average Bonchev–Trinajstić information content (AvgIpc) is 2.75. The van der Waals surface area contributed by atoms with Gasteiger partial charge in [-0.15, -0.1) is 0 Å². The van der Waals surface area contributed by atoms with Gasteiger partial charge in [0, 0.05) is 13.2 Å². The molecule has 1 atom stereocenters. The molecule has 4 nitrogen and oxygen atoms in total. The van der Waals surface area contributed by atoms with E-state index in [-0.39, 0.29) is 12.1 Å². The van der Waals surface area contributed by atoms with Crippen molar-refractivity contribution in [1.29, 1.82) is 0 Å². The van der Waals surface area contributed by atoms with E-state index in [1.807, 2.05) is 11.8 Å². The molecule has 4 heteroatoms. The Hall–Kier alpha value is -1.39. The second kappa shape index (κ2) is 6.17. The number of rotatable bonds is 5. The summed E-state index contributed by atoms with van der Waals surface area (Å²) >= 11 is 0. The van der Waals surface area contributed by atoms with Crippen molar-refractivity contribution in [3.63, 3.8) is 0 Å². The molecule has 1 heterocycles. The van der Waals surface area contributed by atoms with Gasteiger partial charge >= 0.3 is 0 Å².